The lowest BCUT2D eigenvalue weighted by atomic mass is 10.1. The molecule has 2 rings (SSSR count). The summed E-state index contributed by atoms with van der Waals surface area (Å²) >= 11 is 5.94. The van der Waals surface area contributed by atoms with Crippen molar-refractivity contribution in [2.45, 2.75) is 12.8 Å². The van der Waals surface area contributed by atoms with Gasteiger partial charge < -0.3 is 10.2 Å². The summed E-state index contributed by atoms with van der Waals surface area (Å²) in [6.07, 6.45) is 0.801. The molecule has 0 radical (unpaired) electrons. The van der Waals surface area contributed by atoms with Crippen LogP contribution in [-0.2, 0) is 9.59 Å². The molecule has 6 heteroatoms. The molecule has 0 aromatic heterocycles. The van der Waals surface area contributed by atoms with Crippen molar-refractivity contribution in [3.05, 3.63) is 28.8 Å². The lowest BCUT2D eigenvalue weighted by Crippen LogP contribution is -2.31. The number of fused-ring (bicyclic) bond motifs is 1. The number of Topliss-reactive ketones (excluding diaryl/α,β-unsaturated/α-hetero) is 1. The average molecular weight is 281 g/mol. The quantitative estimate of drug-likeness (QED) is 0.848. The number of hydrogen-bond acceptors (Lipinski definition) is 3. The van der Waals surface area contributed by atoms with Gasteiger partial charge in [-0.25, -0.2) is 0 Å². The van der Waals surface area contributed by atoms with Gasteiger partial charge in [0.25, 0.3) is 11.7 Å². The molecule has 0 spiro atoms. The molecular formula is C13H13ClN2O3. The van der Waals surface area contributed by atoms with E-state index in [1.54, 1.807) is 25.2 Å². The number of carbonyl (C=O) groups is 3. The number of carbonyl (C=O) groups excluding carboxylic acids is 3. The van der Waals surface area contributed by atoms with Crippen LogP contribution in [0.15, 0.2) is 18.2 Å². The average Bonchev–Trinajstić information content (AvgIpc) is 2.64. The number of nitrogens with one attached hydrogen (secondary N) is 1. The lowest BCUT2D eigenvalue weighted by molar-refractivity contribution is -0.121. The molecule has 0 fully saturated rings. The van der Waals surface area contributed by atoms with Crippen LogP contribution in [0.2, 0.25) is 5.02 Å². The third-order valence-corrected chi connectivity index (χ3v) is 3.33. The van der Waals surface area contributed by atoms with Crippen molar-refractivity contribution in [2.24, 2.45) is 0 Å². The molecule has 0 atom stereocenters. The molecule has 1 aromatic rings. The van der Waals surface area contributed by atoms with Gasteiger partial charge in [0.05, 0.1) is 16.3 Å². The monoisotopic (exact) mass is 280 g/mol. The van der Waals surface area contributed by atoms with Gasteiger partial charge in [-0.2, -0.15) is 0 Å². The van der Waals surface area contributed by atoms with Gasteiger partial charge in [0.15, 0.2) is 0 Å². The smallest absolute Gasteiger partial charge is 0.299 e. The van der Waals surface area contributed by atoms with E-state index in [0.29, 0.717) is 25.1 Å². The minimum Gasteiger partial charge on any atom is -0.359 e. The van der Waals surface area contributed by atoms with Crippen LogP contribution in [0.4, 0.5) is 5.69 Å². The first-order valence-corrected chi connectivity index (χ1v) is 6.29. The maximum atomic E-state index is 11.9. The number of amides is 2. The van der Waals surface area contributed by atoms with Crippen LogP contribution < -0.4 is 10.2 Å². The molecule has 0 aliphatic carbocycles. The zero-order valence-corrected chi connectivity index (χ0v) is 11.2. The molecule has 1 aromatic carbocycles. The Kier molecular flexibility index (Phi) is 3.85. The number of nitrogens with zero attached hydrogens (tertiary/aromatic N) is 1. The molecular weight excluding hydrogens is 268 g/mol. The largest absolute Gasteiger partial charge is 0.359 e. The van der Waals surface area contributed by atoms with Crippen molar-refractivity contribution in [3.8, 4) is 0 Å². The Hall–Kier alpha value is -1.88. The van der Waals surface area contributed by atoms with E-state index in [2.05, 4.69) is 5.32 Å². The number of anilines is 1. The molecule has 19 heavy (non-hydrogen) atoms. The standard InChI is InChI=1S/C13H13ClN2O3/c1-15-10(17)6-3-7-16-9-5-2-4-8(14)11(9)12(18)13(16)19/h2,4-5H,3,6-7H2,1H3,(H,15,17). The fourth-order valence-corrected chi connectivity index (χ4v) is 2.30. The van der Waals surface area contributed by atoms with Gasteiger partial charge in [0.2, 0.25) is 5.91 Å². The van der Waals surface area contributed by atoms with Gasteiger partial charge in [0.1, 0.15) is 0 Å². The van der Waals surface area contributed by atoms with E-state index in [0.717, 1.165) is 0 Å². The predicted molar refractivity (Wildman–Crippen MR) is 71.4 cm³/mol. The van der Waals surface area contributed by atoms with Crippen LogP contribution in [0.3, 0.4) is 0 Å². The number of ketones is 1. The van der Waals surface area contributed by atoms with Crippen LogP contribution in [-0.4, -0.2) is 31.2 Å². The summed E-state index contributed by atoms with van der Waals surface area (Å²) in [4.78, 5) is 36.2. The number of rotatable bonds is 4. The molecule has 0 saturated carbocycles. The summed E-state index contributed by atoms with van der Waals surface area (Å²) in [5.41, 5.74) is 0.786. The van der Waals surface area contributed by atoms with Gasteiger partial charge >= 0.3 is 0 Å². The highest BCUT2D eigenvalue weighted by molar-refractivity contribution is 6.55. The zero-order chi connectivity index (χ0) is 14.0. The molecule has 0 bridgehead atoms. The Bertz CT molecular complexity index is 557. The SMILES string of the molecule is CNC(=O)CCCN1C(=O)C(=O)c2c(Cl)cccc21. The number of halogens is 1. The fraction of sp³-hybridized carbons (Fsp3) is 0.308. The molecule has 2 amide bonds. The van der Waals surface area contributed by atoms with Crippen molar-refractivity contribution < 1.29 is 14.4 Å². The molecule has 5 nitrogen and oxygen atoms in total. The van der Waals surface area contributed by atoms with Gasteiger partial charge in [-0.3, -0.25) is 14.4 Å². The Morgan fingerprint density at radius 2 is 2.11 bits per heavy atom. The highest BCUT2D eigenvalue weighted by atomic mass is 35.5. The van der Waals surface area contributed by atoms with E-state index in [4.69, 9.17) is 11.6 Å². The van der Waals surface area contributed by atoms with E-state index in [1.807, 2.05) is 0 Å². The van der Waals surface area contributed by atoms with Gasteiger partial charge in [-0.15, -0.1) is 0 Å². The Balaban J connectivity index is 2.15. The van der Waals surface area contributed by atoms with Crippen LogP contribution in [0.5, 0.6) is 0 Å². The topological polar surface area (TPSA) is 66.5 Å². The molecule has 100 valence electrons. The maximum Gasteiger partial charge on any atom is 0.299 e. The van der Waals surface area contributed by atoms with Crippen molar-refractivity contribution in [1.29, 1.82) is 0 Å². The first-order valence-electron chi connectivity index (χ1n) is 5.91. The second-order valence-corrected chi connectivity index (χ2v) is 4.60. The molecule has 1 aliphatic heterocycles. The lowest BCUT2D eigenvalue weighted by Gasteiger charge is -2.16. The number of hydrogen-bond donors (Lipinski definition) is 1. The van der Waals surface area contributed by atoms with E-state index >= 15 is 0 Å². The van der Waals surface area contributed by atoms with Crippen molar-refractivity contribution in [1.82, 2.24) is 5.32 Å². The Morgan fingerprint density at radius 3 is 2.79 bits per heavy atom. The van der Waals surface area contributed by atoms with Crippen molar-refractivity contribution in [3.63, 3.8) is 0 Å². The first kappa shape index (κ1) is 13.5. The predicted octanol–water partition coefficient (Wildman–Crippen LogP) is 1.40. The molecule has 0 unspecified atom stereocenters. The van der Waals surface area contributed by atoms with E-state index in [9.17, 15) is 14.4 Å². The van der Waals surface area contributed by atoms with E-state index in [-0.39, 0.29) is 16.5 Å². The summed E-state index contributed by atoms with van der Waals surface area (Å²) in [6.45, 7) is 0.325. The molecule has 1 aliphatic rings. The fourth-order valence-electron chi connectivity index (χ4n) is 2.05. The minimum atomic E-state index is -0.583. The van der Waals surface area contributed by atoms with Crippen LogP contribution in [0, 0.1) is 0 Å². The summed E-state index contributed by atoms with van der Waals surface area (Å²) in [5, 5.41) is 2.79. The highest BCUT2D eigenvalue weighted by Crippen LogP contribution is 2.34. The third-order valence-electron chi connectivity index (χ3n) is 3.01. The third kappa shape index (κ3) is 2.46. The van der Waals surface area contributed by atoms with Crippen molar-refractivity contribution >= 4 is 34.9 Å². The molecule has 1 N–H and O–H groups in total. The molecule has 0 saturated heterocycles. The summed E-state index contributed by atoms with van der Waals surface area (Å²) < 4.78 is 0. The van der Waals surface area contributed by atoms with Gasteiger partial charge in [0, 0.05) is 20.0 Å². The summed E-state index contributed by atoms with van der Waals surface area (Å²) in [6, 6.07) is 4.96. The van der Waals surface area contributed by atoms with Crippen LogP contribution in [0.1, 0.15) is 23.2 Å². The Labute approximate surface area is 115 Å². The molecule has 1 heterocycles. The Morgan fingerprint density at radius 1 is 1.37 bits per heavy atom. The van der Waals surface area contributed by atoms with Gasteiger partial charge in [-0.05, 0) is 18.6 Å². The van der Waals surface area contributed by atoms with E-state index in [1.165, 1.54) is 4.90 Å². The summed E-state index contributed by atoms with van der Waals surface area (Å²) in [7, 11) is 1.56. The van der Waals surface area contributed by atoms with Crippen LogP contribution >= 0.6 is 11.6 Å². The maximum absolute atomic E-state index is 11.9. The minimum absolute atomic E-state index is 0.0932. The van der Waals surface area contributed by atoms with E-state index < -0.39 is 11.7 Å². The second kappa shape index (κ2) is 5.40. The van der Waals surface area contributed by atoms with Crippen molar-refractivity contribution in [2.75, 3.05) is 18.5 Å². The van der Waals surface area contributed by atoms with Gasteiger partial charge in [-0.1, -0.05) is 17.7 Å². The normalized spacial score (nSPS) is 13.7. The zero-order valence-electron chi connectivity index (χ0n) is 10.4. The first-order chi connectivity index (χ1) is 9.06. The second-order valence-electron chi connectivity index (χ2n) is 4.20. The number of benzene rings is 1. The highest BCUT2D eigenvalue weighted by Gasteiger charge is 2.36. The van der Waals surface area contributed by atoms with Crippen LogP contribution in [0.25, 0.3) is 0 Å². The summed E-state index contributed by atoms with van der Waals surface area (Å²) in [5.74, 6) is -1.26.